The Morgan fingerprint density at radius 3 is 2.48 bits per heavy atom. The average Bonchev–Trinajstić information content (AvgIpc) is 2.94. The summed E-state index contributed by atoms with van der Waals surface area (Å²) in [5, 5.41) is 9.42. The SMILES string of the molecule is O=C(O)C1CC2CCCCC2N1S(=O)(=O)c1ccc(C(F)(F)F)nc1. The second-order valence-corrected chi connectivity index (χ2v) is 8.26. The molecule has 0 spiro atoms. The van der Waals surface area contributed by atoms with E-state index < -0.39 is 44.8 Å². The summed E-state index contributed by atoms with van der Waals surface area (Å²) in [7, 11) is -4.24. The van der Waals surface area contributed by atoms with E-state index in [9.17, 15) is 31.5 Å². The van der Waals surface area contributed by atoms with Crippen LogP contribution in [0.3, 0.4) is 0 Å². The second-order valence-electron chi connectivity index (χ2n) is 6.41. The minimum absolute atomic E-state index is 0.0352. The number of carbonyl (C=O) groups is 1. The molecule has 1 saturated carbocycles. The van der Waals surface area contributed by atoms with E-state index in [1.807, 2.05) is 0 Å². The lowest BCUT2D eigenvalue weighted by Crippen LogP contribution is -2.46. The molecule has 2 aliphatic rings. The highest BCUT2D eigenvalue weighted by Crippen LogP contribution is 2.42. The molecule has 25 heavy (non-hydrogen) atoms. The van der Waals surface area contributed by atoms with E-state index in [0.717, 1.165) is 29.6 Å². The largest absolute Gasteiger partial charge is 0.480 e. The number of carboxylic acid groups (broad SMARTS) is 1. The minimum Gasteiger partial charge on any atom is -0.480 e. The molecule has 138 valence electrons. The van der Waals surface area contributed by atoms with Crippen molar-refractivity contribution in [3.8, 4) is 0 Å². The van der Waals surface area contributed by atoms with E-state index in [0.29, 0.717) is 18.7 Å². The summed E-state index contributed by atoms with van der Waals surface area (Å²) in [5.41, 5.74) is -1.20. The van der Waals surface area contributed by atoms with Crippen LogP contribution in [0.4, 0.5) is 13.2 Å². The summed E-state index contributed by atoms with van der Waals surface area (Å²) in [6, 6.07) is -0.195. The maximum absolute atomic E-state index is 12.9. The fourth-order valence-electron chi connectivity index (χ4n) is 3.80. The van der Waals surface area contributed by atoms with Crippen molar-refractivity contribution in [1.29, 1.82) is 0 Å². The van der Waals surface area contributed by atoms with E-state index in [1.165, 1.54) is 0 Å². The van der Waals surface area contributed by atoms with E-state index in [2.05, 4.69) is 4.98 Å². The van der Waals surface area contributed by atoms with Gasteiger partial charge < -0.3 is 5.11 Å². The van der Waals surface area contributed by atoms with Gasteiger partial charge in [0.25, 0.3) is 0 Å². The first kappa shape index (κ1) is 18.1. The van der Waals surface area contributed by atoms with Gasteiger partial charge in [-0.2, -0.15) is 17.5 Å². The van der Waals surface area contributed by atoms with Crippen LogP contribution in [0.25, 0.3) is 0 Å². The fourth-order valence-corrected chi connectivity index (χ4v) is 5.61. The number of nitrogens with zero attached hydrogens (tertiary/aromatic N) is 2. The predicted molar refractivity (Wildman–Crippen MR) is 80.1 cm³/mol. The van der Waals surface area contributed by atoms with Crippen LogP contribution in [0.15, 0.2) is 23.2 Å². The molecule has 0 aromatic carbocycles. The van der Waals surface area contributed by atoms with Crippen molar-refractivity contribution in [2.45, 2.75) is 55.3 Å². The van der Waals surface area contributed by atoms with Crippen LogP contribution in [0.1, 0.15) is 37.8 Å². The lowest BCUT2D eigenvalue weighted by molar-refractivity contribution is -0.141. The number of aliphatic carboxylic acids is 1. The molecular weight excluding hydrogens is 361 g/mol. The Morgan fingerprint density at radius 2 is 1.92 bits per heavy atom. The van der Waals surface area contributed by atoms with Crippen LogP contribution in [0.5, 0.6) is 0 Å². The normalized spacial score (nSPS) is 27.9. The van der Waals surface area contributed by atoms with Crippen molar-refractivity contribution in [3.05, 3.63) is 24.0 Å². The van der Waals surface area contributed by atoms with E-state index in [1.54, 1.807) is 0 Å². The van der Waals surface area contributed by atoms with Crippen LogP contribution >= 0.6 is 0 Å². The molecule has 1 N–H and O–H groups in total. The third-order valence-electron chi connectivity index (χ3n) is 4.92. The number of rotatable bonds is 3. The third-order valence-corrected chi connectivity index (χ3v) is 6.83. The quantitative estimate of drug-likeness (QED) is 0.873. The first-order valence-corrected chi connectivity index (χ1v) is 9.36. The molecule has 3 unspecified atom stereocenters. The maximum Gasteiger partial charge on any atom is 0.433 e. The molecule has 0 radical (unpaired) electrons. The first-order chi connectivity index (χ1) is 11.6. The van der Waals surface area contributed by atoms with Gasteiger partial charge in [0.2, 0.25) is 10.0 Å². The molecule has 6 nitrogen and oxygen atoms in total. The van der Waals surface area contributed by atoms with Crippen LogP contribution in [-0.4, -0.2) is 40.9 Å². The summed E-state index contributed by atoms with van der Waals surface area (Å²) in [6.45, 7) is 0. The number of hydrogen-bond donors (Lipinski definition) is 1. The standard InChI is InChI=1S/C15H17F3N2O4S/c16-15(17,18)13-6-5-10(8-19-13)25(23,24)20-11-4-2-1-3-9(11)7-12(20)14(21)22/h5-6,8-9,11-12H,1-4,7H2,(H,21,22). The van der Waals surface area contributed by atoms with E-state index >= 15 is 0 Å². The van der Waals surface area contributed by atoms with Crippen molar-refractivity contribution in [2.24, 2.45) is 5.92 Å². The highest BCUT2D eigenvalue weighted by Gasteiger charge is 2.51. The molecule has 2 heterocycles. The number of sulfonamides is 1. The molecular formula is C15H17F3N2O4S. The molecule has 3 atom stereocenters. The molecule has 10 heteroatoms. The highest BCUT2D eigenvalue weighted by atomic mass is 32.2. The Labute approximate surface area is 142 Å². The predicted octanol–water partition coefficient (Wildman–Crippen LogP) is 2.51. The molecule has 1 aliphatic carbocycles. The molecule has 1 aliphatic heterocycles. The van der Waals surface area contributed by atoms with Gasteiger partial charge in [0, 0.05) is 12.2 Å². The summed E-state index contributed by atoms with van der Waals surface area (Å²) in [5.74, 6) is -1.27. The summed E-state index contributed by atoms with van der Waals surface area (Å²) in [4.78, 5) is 14.3. The van der Waals surface area contributed by atoms with Gasteiger partial charge in [-0.15, -0.1) is 0 Å². The zero-order valence-electron chi connectivity index (χ0n) is 13.1. The Bertz CT molecular complexity index is 764. The molecule has 1 aromatic heterocycles. The molecule has 3 rings (SSSR count). The molecule has 1 saturated heterocycles. The van der Waals surface area contributed by atoms with Crippen molar-refractivity contribution >= 4 is 16.0 Å². The van der Waals surface area contributed by atoms with E-state index in [4.69, 9.17) is 0 Å². The van der Waals surface area contributed by atoms with Gasteiger partial charge in [-0.05, 0) is 37.3 Å². The van der Waals surface area contributed by atoms with Crippen LogP contribution in [0, 0.1) is 5.92 Å². The number of aromatic nitrogens is 1. The summed E-state index contributed by atoms with van der Waals surface area (Å²) >= 11 is 0. The smallest absolute Gasteiger partial charge is 0.433 e. The van der Waals surface area contributed by atoms with Gasteiger partial charge >= 0.3 is 12.1 Å². The number of carboxylic acids is 1. The average molecular weight is 378 g/mol. The van der Waals surface area contributed by atoms with Crippen LogP contribution < -0.4 is 0 Å². The maximum atomic E-state index is 12.9. The van der Waals surface area contributed by atoms with Gasteiger partial charge in [0.1, 0.15) is 16.6 Å². The molecule has 0 bridgehead atoms. The van der Waals surface area contributed by atoms with Crippen LogP contribution in [0.2, 0.25) is 0 Å². The Hall–Kier alpha value is -1.68. The highest BCUT2D eigenvalue weighted by molar-refractivity contribution is 7.89. The molecule has 1 aromatic rings. The monoisotopic (exact) mass is 378 g/mol. The van der Waals surface area contributed by atoms with Gasteiger partial charge in [-0.3, -0.25) is 9.78 Å². The Kier molecular flexibility index (Phi) is 4.52. The van der Waals surface area contributed by atoms with Crippen molar-refractivity contribution in [2.75, 3.05) is 0 Å². The molecule has 2 fully saturated rings. The minimum atomic E-state index is -4.67. The zero-order chi connectivity index (χ0) is 18.4. The fraction of sp³-hybridized carbons (Fsp3) is 0.600. The summed E-state index contributed by atoms with van der Waals surface area (Å²) in [6.07, 6.45) is -0.768. The third kappa shape index (κ3) is 3.24. The number of halogens is 3. The number of hydrogen-bond acceptors (Lipinski definition) is 4. The second kappa shape index (κ2) is 6.24. The summed E-state index contributed by atoms with van der Waals surface area (Å²) < 4.78 is 64.6. The van der Waals surface area contributed by atoms with Gasteiger partial charge in [-0.25, -0.2) is 8.42 Å². The van der Waals surface area contributed by atoms with E-state index in [-0.39, 0.29) is 12.3 Å². The van der Waals surface area contributed by atoms with Gasteiger partial charge in [-0.1, -0.05) is 12.8 Å². The van der Waals surface area contributed by atoms with Crippen LogP contribution in [-0.2, 0) is 21.0 Å². The number of fused-ring (bicyclic) bond motifs is 1. The van der Waals surface area contributed by atoms with Gasteiger partial charge in [0.15, 0.2) is 0 Å². The lowest BCUT2D eigenvalue weighted by atomic mass is 9.85. The number of pyridine rings is 1. The van der Waals surface area contributed by atoms with Gasteiger partial charge in [0.05, 0.1) is 0 Å². The lowest BCUT2D eigenvalue weighted by Gasteiger charge is -2.32. The zero-order valence-corrected chi connectivity index (χ0v) is 13.9. The van der Waals surface area contributed by atoms with Crippen molar-refractivity contribution < 1.29 is 31.5 Å². The van der Waals surface area contributed by atoms with Crippen molar-refractivity contribution in [1.82, 2.24) is 9.29 Å². The topological polar surface area (TPSA) is 87.6 Å². The first-order valence-electron chi connectivity index (χ1n) is 7.92. The Morgan fingerprint density at radius 1 is 1.24 bits per heavy atom. The Balaban J connectivity index is 1.98. The number of alkyl halides is 3. The molecule has 0 amide bonds. The van der Waals surface area contributed by atoms with Crippen molar-refractivity contribution in [3.63, 3.8) is 0 Å².